The lowest BCUT2D eigenvalue weighted by atomic mass is 10.2. The Morgan fingerprint density at radius 1 is 1.28 bits per heavy atom. The Morgan fingerprint density at radius 2 is 2.06 bits per heavy atom. The molecular formula is C14H19N3O. The molecule has 4 heteroatoms. The van der Waals surface area contributed by atoms with E-state index < -0.39 is 0 Å². The Bertz CT molecular complexity index is 419. The van der Waals surface area contributed by atoms with Gasteiger partial charge in [-0.1, -0.05) is 6.07 Å². The maximum atomic E-state index is 8.58. The standard InChI is InChI=1S/C14H19N3O/c1-18-14-5-2-4-13(12-14)17-10-8-16(9-11-17)7-3-6-15/h2,4-5,12H,3,7-11H2,1H3. The second-order valence-corrected chi connectivity index (χ2v) is 4.44. The van der Waals surface area contributed by atoms with Gasteiger partial charge in [-0.2, -0.15) is 5.26 Å². The lowest BCUT2D eigenvalue weighted by Crippen LogP contribution is -2.46. The summed E-state index contributed by atoms with van der Waals surface area (Å²) < 4.78 is 5.25. The van der Waals surface area contributed by atoms with Crippen molar-refractivity contribution in [2.24, 2.45) is 0 Å². The monoisotopic (exact) mass is 245 g/mol. The topological polar surface area (TPSA) is 39.5 Å². The third kappa shape index (κ3) is 3.14. The molecule has 0 aliphatic carbocycles. The highest BCUT2D eigenvalue weighted by Crippen LogP contribution is 2.21. The number of piperazine rings is 1. The van der Waals surface area contributed by atoms with Crippen molar-refractivity contribution in [3.8, 4) is 11.8 Å². The van der Waals surface area contributed by atoms with E-state index in [0.717, 1.165) is 38.5 Å². The third-order valence-corrected chi connectivity index (χ3v) is 3.33. The van der Waals surface area contributed by atoms with Crippen LogP contribution < -0.4 is 9.64 Å². The van der Waals surface area contributed by atoms with Crippen molar-refractivity contribution < 1.29 is 4.74 Å². The number of nitrogens with zero attached hydrogens (tertiary/aromatic N) is 3. The van der Waals surface area contributed by atoms with Gasteiger partial charge in [0.15, 0.2) is 0 Å². The van der Waals surface area contributed by atoms with Crippen LogP contribution in [-0.2, 0) is 0 Å². The summed E-state index contributed by atoms with van der Waals surface area (Å²) in [7, 11) is 1.69. The molecule has 0 unspecified atom stereocenters. The molecule has 0 saturated carbocycles. The van der Waals surface area contributed by atoms with Gasteiger partial charge in [-0.15, -0.1) is 0 Å². The van der Waals surface area contributed by atoms with Crippen LogP contribution in [0.2, 0.25) is 0 Å². The molecule has 0 amide bonds. The van der Waals surface area contributed by atoms with Crippen LogP contribution in [0.15, 0.2) is 24.3 Å². The molecule has 0 bridgehead atoms. The van der Waals surface area contributed by atoms with E-state index >= 15 is 0 Å². The summed E-state index contributed by atoms with van der Waals surface area (Å²) >= 11 is 0. The van der Waals surface area contributed by atoms with Crippen molar-refractivity contribution in [1.82, 2.24) is 4.90 Å². The first-order chi connectivity index (χ1) is 8.83. The highest BCUT2D eigenvalue weighted by atomic mass is 16.5. The Labute approximate surface area is 108 Å². The van der Waals surface area contributed by atoms with Crippen molar-refractivity contribution in [3.63, 3.8) is 0 Å². The molecule has 96 valence electrons. The minimum atomic E-state index is 0.624. The van der Waals surface area contributed by atoms with Crippen LogP contribution in [0, 0.1) is 11.3 Å². The number of methoxy groups -OCH3 is 1. The quantitative estimate of drug-likeness (QED) is 0.810. The molecular weight excluding hydrogens is 226 g/mol. The maximum absolute atomic E-state index is 8.58. The van der Waals surface area contributed by atoms with Crippen LogP contribution in [0.3, 0.4) is 0 Å². The summed E-state index contributed by atoms with van der Waals surface area (Å²) in [5, 5.41) is 8.58. The van der Waals surface area contributed by atoms with Gasteiger partial charge >= 0.3 is 0 Å². The molecule has 18 heavy (non-hydrogen) atoms. The van der Waals surface area contributed by atoms with Crippen LogP contribution in [0.25, 0.3) is 0 Å². The van der Waals surface area contributed by atoms with Gasteiger partial charge in [0.2, 0.25) is 0 Å². The van der Waals surface area contributed by atoms with Crippen LogP contribution in [0.1, 0.15) is 6.42 Å². The molecule has 1 saturated heterocycles. The molecule has 0 N–H and O–H groups in total. The van der Waals surface area contributed by atoms with Crippen LogP contribution in [0.5, 0.6) is 5.75 Å². The number of hydrogen-bond acceptors (Lipinski definition) is 4. The fourth-order valence-corrected chi connectivity index (χ4v) is 2.24. The Balaban J connectivity index is 1.91. The minimum Gasteiger partial charge on any atom is -0.497 e. The van der Waals surface area contributed by atoms with Crippen molar-refractivity contribution in [2.75, 3.05) is 44.7 Å². The Kier molecular flexibility index (Phi) is 4.43. The van der Waals surface area contributed by atoms with E-state index in [0.29, 0.717) is 6.42 Å². The summed E-state index contributed by atoms with van der Waals surface area (Å²) in [6, 6.07) is 10.4. The van der Waals surface area contributed by atoms with Crippen LogP contribution in [-0.4, -0.2) is 44.7 Å². The van der Waals surface area contributed by atoms with Gasteiger partial charge in [0.05, 0.1) is 13.2 Å². The van der Waals surface area contributed by atoms with Gasteiger partial charge in [-0.05, 0) is 12.1 Å². The van der Waals surface area contributed by atoms with Gasteiger partial charge < -0.3 is 9.64 Å². The summed E-state index contributed by atoms with van der Waals surface area (Å²) in [4.78, 5) is 4.71. The van der Waals surface area contributed by atoms with Crippen molar-refractivity contribution >= 4 is 5.69 Å². The molecule has 0 atom stereocenters. The number of benzene rings is 1. The molecule has 0 radical (unpaired) electrons. The number of ether oxygens (including phenoxy) is 1. The predicted octanol–water partition coefficient (Wildman–Crippen LogP) is 1.73. The Morgan fingerprint density at radius 3 is 2.72 bits per heavy atom. The molecule has 1 aliphatic rings. The molecule has 1 fully saturated rings. The van der Waals surface area contributed by atoms with Gasteiger partial charge in [0.1, 0.15) is 5.75 Å². The molecule has 2 rings (SSSR count). The zero-order chi connectivity index (χ0) is 12.8. The normalized spacial score (nSPS) is 16.3. The fourth-order valence-electron chi connectivity index (χ4n) is 2.24. The summed E-state index contributed by atoms with van der Waals surface area (Å²) in [5.41, 5.74) is 1.22. The van der Waals surface area contributed by atoms with E-state index in [1.54, 1.807) is 7.11 Å². The maximum Gasteiger partial charge on any atom is 0.120 e. The highest BCUT2D eigenvalue weighted by Gasteiger charge is 2.16. The number of rotatable bonds is 4. The van der Waals surface area contributed by atoms with Crippen molar-refractivity contribution in [2.45, 2.75) is 6.42 Å². The van der Waals surface area contributed by atoms with Gasteiger partial charge in [-0.25, -0.2) is 0 Å². The lowest BCUT2D eigenvalue weighted by molar-refractivity contribution is 0.263. The highest BCUT2D eigenvalue weighted by molar-refractivity contribution is 5.51. The van der Waals surface area contributed by atoms with E-state index in [4.69, 9.17) is 10.00 Å². The summed E-state index contributed by atoms with van der Waals surface area (Å²) in [6.45, 7) is 4.97. The zero-order valence-corrected chi connectivity index (χ0v) is 10.8. The first kappa shape index (κ1) is 12.7. The molecule has 0 spiro atoms. The van der Waals surface area contributed by atoms with Crippen molar-refractivity contribution in [1.29, 1.82) is 5.26 Å². The van der Waals surface area contributed by atoms with Crippen LogP contribution >= 0.6 is 0 Å². The second-order valence-electron chi connectivity index (χ2n) is 4.44. The van der Waals surface area contributed by atoms with Crippen LogP contribution in [0.4, 0.5) is 5.69 Å². The number of nitriles is 1. The zero-order valence-electron chi connectivity index (χ0n) is 10.8. The summed E-state index contributed by atoms with van der Waals surface area (Å²) in [5.74, 6) is 0.902. The predicted molar refractivity (Wildman–Crippen MR) is 71.9 cm³/mol. The smallest absolute Gasteiger partial charge is 0.120 e. The van der Waals surface area contributed by atoms with E-state index in [9.17, 15) is 0 Å². The Hall–Kier alpha value is -1.73. The first-order valence-electron chi connectivity index (χ1n) is 6.32. The molecule has 0 aromatic heterocycles. The number of hydrogen-bond donors (Lipinski definition) is 0. The van der Waals surface area contributed by atoms with Gasteiger partial charge in [0.25, 0.3) is 0 Å². The molecule has 1 aromatic rings. The average molecular weight is 245 g/mol. The second kappa shape index (κ2) is 6.27. The van der Waals surface area contributed by atoms with Gasteiger partial charge in [-0.3, -0.25) is 4.90 Å². The number of anilines is 1. The van der Waals surface area contributed by atoms with Crippen molar-refractivity contribution in [3.05, 3.63) is 24.3 Å². The van der Waals surface area contributed by atoms with E-state index in [1.807, 2.05) is 12.1 Å². The van der Waals surface area contributed by atoms with E-state index in [1.165, 1.54) is 5.69 Å². The molecule has 1 aromatic carbocycles. The average Bonchev–Trinajstić information content (AvgIpc) is 2.46. The van der Waals surface area contributed by atoms with E-state index in [2.05, 4.69) is 28.0 Å². The largest absolute Gasteiger partial charge is 0.497 e. The SMILES string of the molecule is COc1cccc(N2CCN(CCC#N)CC2)c1. The molecule has 1 heterocycles. The molecule has 1 aliphatic heterocycles. The fraction of sp³-hybridized carbons (Fsp3) is 0.500. The lowest BCUT2D eigenvalue weighted by Gasteiger charge is -2.35. The first-order valence-corrected chi connectivity index (χ1v) is 6.32. The summed E-state index contributed by atoms with van der Waals surface area (Å²) in [6.07, 6.45) is 0.624. The van der Waals surface area contributed by atoms with E-state index in [-0.39, 0.29) is 0 Å². The third-order valence-electron chi connectivity index (χ3n) is 3.33. The molecule has 4 nitrogen and oxygen atoms in total. The minimum absolute atomic E-state index is 0.624. The van der Waals surface area contributed by atoms with Gasteiger partial charge in [0, 0.05) is 50.9 Å².